The van der Waals surface area contributed by atoms with Crippen LogP contribution in [0.2, 0.25) is 4.47 Å². The highest BCUT2D eigenvalue weighted by molar-refractivity contribution is 7.91. The summed E-state index contributed by atoms with van der Waals surface area (Å²) in [6, 6.07) is 0. The third kappa shape index (κ3) is 5.85. The summed E-state index contributed by atoms with van der Waals surface area (Å²) in [5.41, 5.74) is 0. The van der Waals surface area contributed by atoms with E-state index in [9.17, 15) is 13.2 Å². The molecule has 0 bridgehead atoms. The number of halogens is 1. The number of carbonyl (C=O) groups is 1. The second-order valence-corrected chi connectivity index (χ2v) is 7.88. The number of carbonyl (C=O) groups excluding carboxylic acids is 1. The zero-order valence-electron chi connectivity index (χ0n) is 10.6. The summed E-state index contributed by atoms with van der Waals surface area (Å²) in [4.78, 5) is 15.1. The lowest BCUT2D eigenvalue weighted by molar-refractivity contribution is -0.121. The molecule has 0 saturated carbocycles. The highest BCUT2D eigenvalue weighted by atomic mass is 35.5. The monoisotopic (exact) mass is 325 g/mol. The van der Waals surface area contributed by atoms with Crippen LogP contribution in [0.4, 0.5) is 0 Å². The molecule has 0 spiro atoms. The van der Waals surface area contributed by atoms with Gasteiger partial charge in [0.1, 0.15) is 0 Å². The lowest BCUT2D eigenvalue weighted by atomic mass is 10.2. The number of nitrogens with zero attached hydrogens (tertiary/aromatic N) is 1. The first-order valence-corrected chi connectivity index (χ1v) is 8.36. The summed E-state index contributed by atoms with van der Waals surface area (Å²) in [5, 5.41) is 2.71. The van der Waals surface area contributed by atoms with E-state index in [2.05, 4.69) is 15.0 Å². The van der Waals surface area contributed by atoms with Gasteiger partial charge in [-0.25, -0.2) is 18.1 Å². The Morgan fingerprint density at radius 3 is 2.74 bits per heavy atom. The molecular weight excluding hydrogens is 310 g/mol. The van der Waals surface area contributed by atoms with Crippen LogP contribution in [-0.2, 0) is 14.8 Å². The normalized spacial score (nSPS) is 11.8. The fourth-order valence-corrected chi connectivity index (χ4v) is 3.51. The molecular formula is C10H16ClN3O3S2. The van der Waals surface area contributed by atoms with Crippen LogP contribution in [0, 0.1) is 5.92 Å². The van der Waals surface area contributed by atoms with Crippen LogP contribution >= 0.6 is 22.9 Å². The molecule has 2 N–H and O–H groups in total. The lowest BCUT2D eigenvalue weighted by Gasteiger charge is -2.08. The second kappa shape index (κ2) is 7.18. The maximum atomic E-state index is 11.8. The molecule has 1 heterocycles. The Morgan fingerprint density at radius 1 is 1.53 bits per heavy atom. The summed E-state index contributed by atoms with van der Waals surface area (Å²) in [6.45, 7) is 4.59. The molecule has 6 nitrogen and oxygen atoms in total. The molecule has 9 heteroatoms. The Bertz CT molecular complexity index is 528. The summed E-state index contributed by atoms with van der Waals surface area (Å²) in [5.74, 6) is 0.179. The Kier molecular flexibility index (Phi) is 6.18. The fourth-order valence-electron chi connectivity index (χ4n) is 1.14. The van der Waals surface area contributed by atoms with Crippen LogP contribution in [0.5, 0.6) is 0 Å². The van der Waals surface area contributed by atoms with E-state index in [1.165, 1.54) is 6.20 Å². The lowest BCUT2D eigenvalue weighted by Crippen LogP contribution is -2.32. The molecule has 0 aliphatic carbocycles. The topological polar surface area (TPSA) is 88.2 Å². The van der Waals surface area contributed by atoms with Gasteiger partial charge in [-0.15, -0.1) is 0 Å². The molecule has 108 valence electrons. The van der Waals surface area contributed by atoms with E-state index in [-0.39, 0.29) is 27.5 Å². The minimum Gasteiger partial charge on any atom is -0.356 e. The standard InChI is InChI=1S/C10H16ClN3O3S2/c1-7(2)5-12-8(15)3-4-14-19(16,17)9-6-13-10(11)18-9/h6-7,14H,3-5H2,1-2H3,(H,12,15). The number of thiazole rings is 1. The Hall–Kier alpha value is -0.700. The number of sulfonamides is 1. The molecule has 0 atom stereocenters. The smallest absolute Gasteiger partial charge is 0.251 e. The average Bonchev–Trinajstić information content (AvgIpc) is 2.74. The van der Waals surface area contributed by atoms with Crippen LogP contribution in [0.15, 0.2) is 10.4 Å². The van der Waals surface area contributed by atoms with E-state index in [1.54, 1.807) is 0 Å². The Balaban J connectivity index is 2.38. The van der Waals surface area contributed by atoms with E-state index < -0.39 is 10.0 Å². The van der Waals surface area contributed by atoms with Crippen molar-refractivity contribution in [3.05, 3.63) is 10.7 Å². The van der Waals surface area contributed by atoms with Crippen molar-refractivity contribution in [2.24, 2.45) is 5.92 Å². The van der Waals surface area contributed by atoms with Crippen LogP contribution in [0.3, 0.4) is 0 Å². The molecule has 1 rings (SSSR count). The minimum absolute atomic E-state index is 0.0417. The Morgan fingerprint density at radius 2 is 2.21 bits per heavy atom. The highest BCUT2D eigenvalue weighted by Crippen LogP contribution is 2.21. The molecule has 0 aliphatic heterocycles. The minimum atomic E-state index is -3.62. The number of amides is 1. The van der Waals surface area contributed by atoms with E-state index in [4.69, 9.17) is 11.6 Å². The number of hydrogen-bond donors (Lipinski definition) is 2. The molecule has 0 radical (unpaired) electrons. The van der Waals surface area contributed by atoms with Gasteiger partial charge >= 0.3 is 0 Å². The van der Waals surface area contributed by atoms with Crippen LogP contribution in [0.25, 0.3) is 0 Å². The molecule has 19 heavy (non-hydrogen) atoms. The van der Waals surface area contributed by atoms with Crippen LogP contribution in [-0.4, -0.2) is 32.4 Å². The number of rotatable bonds is 7. The molecule has 0 unspecified atom stereocenters. The van der Waals surface area contributed by atoms with E-state index in [0.29, 0.717) is 12.5 Å². The van der Waals surface area contributed by atoms with Gasteiger partial charge < -0.3 is 5.32 Å². The number of hydrogen-bond acceptors (Lipinski definition) is 5. The first-order valence-electron chi connectivity index (χ1n) is 5.69. The van der Waals surface area contributed by atoms with Gasteiger partial charge in [0, 0.05) is 19.5 Å². The van der Waals surface area contributed by atoms with Crippen molar-refractivity contribution in [1.29, 1.82) is 0 Å². The third-order valence-corrected chi connectivity index (χ3v) is 5.11. The second-order valence-electron chi connectivity index (χ2n) is 4.28. The van der Waals surface area contributed by atoms with Crippen molar-refractivity contribution in [3.63, 3.8) is 0 Å². The SMILES string of the molecule is CC(C)CNC(=O)CCNS(=O)(=O)c1cnc(Cl)s1. The van der Waals surface area contributed by atoms with Gasteiger partial charge in [0.15, 0.2) is 8.68 Å². The van der Waals surface area contributed by atoms with Gasteiger partial charge in [-0.1, -0.05) is 36.8 Å². The van der Waals surface area contributed by atoms with Crippen molar-refractivity contribution >= 4 is 38.9 Å². The summed E-state index contributed by atoms with van der Waals surface area (Å²) < 4.78 is 26.1. The summed E-state index contributed by atoms with van der Waals surface area (Å²) >= 11 is 6.44. The molecule has 0 aromatic carbocycles. The van der Waals surface area contributed by atoms with E-state index in [0.717, 1.165) is 11.3 Å². The molecule has 1 amide bonds. The van der Waals surface area contributed by atoms with Crippen molar-refractivity contribution in [3.8, 4) is 0 Å². The van der Waals surface area contributed by atoms with Crippen molar-refractivity contribution in [2.75, 3.05) is 13.1 Å². The van der Waals surface area contributed by atoms with Gasteiger partial charge in [0.25, 0.3) is 10.0 Å². The maximum absolute atomic E-state index is 11.8. The van der Waals surface area contributed by atoms with Crippen LogP contribution in [0.1, 0.15) is 20.3 Å². The summed E-state index contributed by atoms with van der Waals surface area (Å²) in [7, 11) is -3.62. The van der Waals surface area contributed by atoms with Crippen molar-refractivity contribution < 1.29 is 13.2 Å². The van der Waals surface area contributed by atoms with Gasteiger partial charge in [-0.3, -0.25) is 4.79 Å². The largest absolute Gasteiger partial charge is 0.356 e. The van der Waals surface area contributed by atoms with Gasteiger partial charge in [-0.2, -0.15) is 0 Å². The van der Waals surface area contributed by atoms with Crippen LogP contribution < -0.4 is 10.0 Å². The quantitative estimate of drug-likeness (QED) is 0.789. The van der Waals surface area contributed by atoms with Crippen molar-refractivity contribution in [1.82, 2.24) is 15.0 Å². The molecule has 0 aliphatic rings. The van der Waals surface area contributed by atoms with Crippen molar-refractivity contribution in [2.45, 2.75) is 24.5 Å². The zero-order chi connectivity index (χ0) is 14.5. The first kappa shape index (κ1) is 16.4. The van der Waals surface area contributed by atoms with Gasteiger partial charge in [0.05, 0.1) is 6.20 Å². The molecule has 1 aromatic rings. The average molecular weight is 326 g/mol. The number of nitrogens with one attached hydrogen (secondary N) is 2. The van der Waals surface area contributed by atoms with E-state index in [1.807, 2.05) is 13.8 Å². The predicted molar refractivity (Wildman–Crippen MR) is 74.8 cm³/mol. The van der Waals surface area contributed by atoms with Gasteiger partial charge in [0.2, 0.25) is 5.91 Å². The Labute approximate surface area is 121 Å². The number of aromatic nitrogens is 1. The highest BCUT2D eigenvalue weighted by Gasteiger charge is 2.17. The first-order chi connectivity index (χ1) is 8.81. The molecule has 0 fully saturated rings. The maximum Gasteiger partial charge on any atom is 0.251 e. The summed E-state index contributed by atoms with van der Waals surface area (Å²) in [6.07, 6.45) is 1.28. The predicted octanol–water partition coefficient (Wildman–Crippen LogP) is 1.24. The third-order valence-electron chi connectivity index (χ3n) is 2.07. The van der Waals surface area contributed by atoms with Gasteiger partial charge in [-0.05, 0) is 5.92 Å². The molecule has 1 aromatic heterocycles. The van der Waals surface area contributed by atoms with E-state index >= 15 is 0 Å². The fraction of sp³-hybridized carbons (Fsp3) is 0.600. The zero-order valence-corrected chi connectivity index (χ0v) is 13.0. The molecule has 0 saturated heterocycles.